The molecule has 1 rings (SSSR count). The molecule has 0 aromatic carbocycles. The van der Waals surface area contributed by atoms with Crippen molar-refractivity contribution in [3.63, 3.8) is 0 Å². The van der Waals surface area contributed by atoms with Crippen LogP contribution in [0.4, 0.5) is 0 Å². The number of nitrogens with zero attached hydrogens (tertiary/aromatic N) is 1. The second kappa shape index (κ2) is 3.54. The van der Waals surface area contributed by atoms with Gasteiger partial charge in [0.2, 0.25) is 0 Å². The predicted molar refractivity (Wildman–Crippen MR) is 34.2 cm³/mol. The van der Waals surface area contributed by atoms with Gasteiger partial charge in [-0.15, -0.1) is 0 Å². The SMILES string of the molecule is C[N+]1(C)CCCCN1.[Br-]. The summed E-state index contributed by atoms with van der Waals surface area (Å²) in [6.07, 6.45) is 2.72. The zero-order valence-corrected chi connectivity index (χ0v) is 7.74. The number of hydrogen-bond donors (Lipinski definition) is 1. The normalized spacial score (nSPS) is 24.7. The molecule has 0 atom stereocenters. The van der Waals surface area contributed by atoms with E-state index in [-0.39, 0.29) is 17.0 Å². The second-order valence-electron chi connectivity index (χ2n) is 3.02. The maximum absolute atomic E-state index is 3.40. The highest BCUT2D eigenvalue weighted by atomic mass is 79.9. The van der Waals surface area contributed by atoms with Crippen LogP contribution in [0.25, 0.3) is 0 Å². The fraction of sp³-hybridized carbons (Fsp3) is 1.00. The summed E-state index contributed by atoms with van der Waals surface area (Å²) in [6.45, 7) is 2.47. The Bertz CT molecular complexity index is 75.1. The molecule has 0 aliphatic carbocycles. The Balaban J connectivity index is 0.000000640. The third-order valence-corrected chi connectivity index (χ3v) is 1.68. The lowest BCUT2D eigenvalue weighted by molar-refractivity contribution is -0.938. The van der Waals surface area contributed by atoms with Gasteiger partial charge >= 0.3 is 0 Å². The van der Waals surface area contributed by atoms with Crippen LogP contribution in [0.3, 0.4) is 0 Å². The Kier molecular flexibility index (Phi) is 3.70. The summed E-state index contributed by atoms with van der Waals surface area (Å²) in [6, 6.07) is 0. The van der Waals surface area contributed by atoms with Gasteiger partial charge in [-0.1, -0.05) is 0 Å². The molecule has 0 radical (unpaired) electrons. The van der Waals surface area contributed by atoms with Gasteiger partial charge in [0.1, 0.15) is 0 Å². The van der Waals surface area contributed by atoms with Gasteiger partial charge in [-0.05, 0) is 12.8 Å². The quantitative estimate of drug-likeness (QED) is 0.417. The third-order valence-electron chi connectivity index (χ3n) is 1.68. The molecule has 1 fully saturated rings. The number of halogens is 1. The fourth-order valence-electron chi connectivity index (χ4n) is 1.09. The van der Waals surface area contributed by atoms with Crippen LogP contribution in [-0.2, 0) is 0 Å². The van der Waals surface area contributed by atoms with E-state index in [1.165, 1.54) is 25.9 Å². The minimum Gasteiger partial charge on any atom is -1.00 e. The van der Waals surface area contributed by atoms with E-state index < -0.39 is 0 Å². The largest absolute Gasteiger partial charge is 1.00 e. The van der Waals surface area contributed by atoms with E-state index in [0.717, 1.165) is 4.59 Å². The summed E-state index contributed by atoms with van der Waals surface area (Å²) < 4.78 is 1.00. The van der Waals surface area contributed by atoms with Gasteiger partial charge in [0.05, 0.1) is 20.6 Å². The van der Waals surface area contributed by atoms with Crippen molar-refractivity contribution < 1.29 is 21.6 Å². The molecule has 1 aliphatic heterocycles. The molecule has 1 N–H and O–H groups in total. The lowest BCUT2D eigenvalue weighted by Gasteiger charge is -2.32. The highest BCUT2D eigenvalue weighted by molar-refractivity contribution is 4.45. The van der Waals surface area contributed by atoms with Crippen molar-refractivity contribution >= 4 is 0 Å². The molecule has 1 saturated heterocycles. The molecule has 3 heteroatoms. The molecular weight excluding hydrogens is 180 g/mol. The maximum atomic E-state index is 3.40. The molecule has 56 valence electrons. The number of hydrogen-bond acceptors (Lipinski definition) is 1. The fourth-order valence-corrected chi connectivity index (χ4v) is 1.09. The van der Waals surface area contributed by atoms with E-state index in [4.69, 9.17) is 0 Å². The zero-order valence-electron chi connectivity index (χ0n) is 6.15. The third kappa shape index (κ3) is 3.18. The summed E-state index contributed by atoms with van der Waals surface area (Å²) in [4.78, 5) is 0. The summed E-state index contributed by atoms with van der Waals surface area (Å²) in [5.74, 6) is 0. The van der Waals surface area contributed by atoms with E-state index in [1.807, 2.05) is 0 Å². The average Bonchev–Trinajstić information content (AvgIpc) is 1.65. The molecule has 0 aromatic rings. The summed E-state index contributed by atoms with van der Waals surface area (Å²) >= 11 is 0. The molecule has 1 aliphatic rings. The van der Waals surface area contributed by atoms with Crippen molar-refractivity contribution in [3.8, 4) is 0 Å². The van der Waals surface area contributed by atoms with Gasteiger partial charge in [0.25, 0.3) is 0 Å². The molecule has 1 heterocycles. The standard InChI is InChI=1S/C6H15N2.BrH/c1-8(2)6-4-3-5-7-8;/h7H,3-6H2,1-2H3;1H/q+1;/p-1. The Morgan fingerprint density at radius 2 is 1.89 bits per heavy atom. The average molecular weight is 195 g/mol. The summed E-state index contributed by atoms with van der Waals surface area (Å²) in [5.41, 5.74) is 3.40. The number of rotatable bonds is 0. The Morgan fingerprint density at radius 1 is 1.22 bits per heavy atom. The van der Waals surface area contributed by atoms with Crippen LogP contribution < -0.4 is 22.4 Å². The van der Waals surface area contributed by atoms with E-state index in [2.05, 4.69) is 19.5 Å². The minimum absolute atomic E-state index is 0. The van der Waals surface area contributed by atoms with Crippen molar-refractivity contribution in [1.82, 2.24) is 5.43 Å². The minimum atomic E-state index is 0. The predicted octanol–water partition coefficient (Wildman–Crippen LogP) is -2.63. The lowest BCUT2D eigenvalue weighted by atomic mass is 10.2. The van der Waals surface area contributed by atoms with Crippen molar-refractivity contribution in [2.75, 3.05) is 27.2 Å². The van der Waals surface area contributed by atoms with Gasteiger partial charge < -0.3 is 17.0 Å². The maximum Gasteiger partial charge on any atom is 0.0958 e. The number of nitrogens with one attached hydrogen (secondary N) is 1. The van der Waals surface area contributed by atoms with E-state index in [1.54, 1.807) is 0 Å². The van der Waals surface area contributed by atoms with Crippen LogP contribution in [-0.4, -0.2) is 31.8 Å². The highest BCUT2D eigenvalue weighted by Gasteiger charge is 2.17. The molecule has 0 unspecified atom stereocenters. The summed E-state index contributed by atoms with van der Waals surface area (Å²) in [7, 11) is 4.42. The zero-order chi connectivity index (χ0) is 6.04. The van der Waals surface area contributed by atoms with Crippen molar-refractivity contribution in [2.24, 2.45) is 0 Å². The van der Waals surface area contributed by atoms with Crippen LogP contribution >= 0.6 is 0 Å². The molecule has 0 aromatic heterocycles. The van der Waals surface area contributed by atoms with Crippen molar-refractivity contribution in [1.29, 1.82) is 0 Å². The second-order valence-corrected chi connectivity index (χ2v) is 3.02. The van der Waals surface area contributed by atoms with Gasteiger partial charge in [0.15, 0.2) is 0 Å². The van der Waals surface area contributed by atoms with Crippen LogP contribution in [0.2, 0.25) is 0 Å². The molecular formula is C6H15BrN2. The Morgan fingerprint density at radius 3 is 2.11 bits per heavy atom. The van der Waals surface area contributed by atoms with Crippen molar-refractivity contribution in [3.05, 3.63) is 0 Å². The van der Waals surface area contributed by atoms with Crippen LogP contribution in [0.1, 0.15) is 12.8 Å². The molecule has 0 amide bonds. The van der Waals surface area contributed by atoms with Crippen LogP contribution in [0, 0.1) is 0 Å². The topological polar surface area (TPSA) is 12.0 Å². The molecule has 0 bridgehead atoms. The lowest BCUT2D eigenvalue weighted by Crippen LogP contribution is -3.00. The molecule has 9 heavy (non-hydrogen) atoms. The molecule has 0 saturated carbocycles. The monoisotopic (exact) mass is 194 g/mol. The van der Waals surface area contributed by atoms with E-state index in [9.17, 15) is 0 Å². The molecule has 0 spiro atoms. The van der Waals surface area contributed by atoms with Crippen LogP contribution in [0.15, 0.2) is 0 Å². The smallest absolute Gasteiger partial charge is 0.0958 e. The van der Waals surface area contributed by atoms with Crippen LogP contribution in [0.5, 0.6) is 0 Å². The van der Waals surface area contributed by atoms with E-state index in [0.29, 0.717) is 0 Å². The van der Waals surface area contributed by atoms with Crippen molar-refractivity contribution in [2.45, 2.75) is 12.8 Å². The first-order valence-electron chi connectivity index (χ1n) is 3.29. The van der Waals surface area contributed by atoms with Gasteiger partial charge in [-0.25, -0.2) is 0 Å². The van der Waals surface area contributed by atoms with E-state index >= 15 is 0 Å². The first-order chi connectivity index (χ1) is 3.71. The Hall–Kier alpha value is 0.400. The first kappa shape index (κ1) is 9.40. The molecule has 2 nitrogen and oxygen atoms in total. The van der Waals surface area contributed by atoms with Gasteiger partial charge in [-0.2, -0.15) is 5.43 Å². The van der Waals surface area contributed by atoms with Gasteiger partial charge in [0, 0.05) is 6.54 Å². The van der Waals surface area contributed by atoms with Gasteiger partial charge in [-0.3, -0.25) is 4.59 Å². The Labute approximate surface area is 67.6 Å². The highest BCUT2D eigenvalue weighted by Crippen LogP contribution is 2.02. The number of quaternary nitrogens is 1. The first-order valence-corrected chi connectivity index (χ1v) is 3.29. The summed E-state index contributed by atoms with van der Waals surface area (Å²) in [5, 5.41) is 0.